The van der Waals surface area contributed by atoms with E-state index < -0.39 is 0 Å². The number of hydrogen-bond acceptors (Lipinski definition) is 3. The van der Waals surface area contributed by atoms with Crippen molar-refractivity contribution in [2.24, 2.45) is 5.92 Å². The Labute approximate surface area is 145 Å². The number of para-hydroxylation sites is 2. The van der Waals surface area contributed by atoms with Crippen LogP contribution >= 0.6 is 0 Å². The maximum atomic E-state index is 13.2. The largest absolute Gasteiger partial charge is 0.313 e. The highest BCUT2D eigenvalue weighted by atomic mass is 16.2. The normalized spacial score (nSPS) is 17.5. The van der Waals surface area contributed by atoms with Gasteiger partial charge in [-0.25, -0.2) is 4.98 Å². The third kappa shape index (κ3) is 2.46. The standard InChI is InChI=1S/C19H18N4O2/c1-13-11-23(16-6-4-3-5-15(16)21(2)18(13)24)19(25)14-7-8-17-20-9-10-22(17)12-14/h3-10,12-13H,11H2,1-2H3. The van der Waals surface area contributed by atoms with Gasteiger partial charge < -0.3 is 14.2 Å². The summed E-state index contributed by atoms with van der Waals surface area (Å²) < 4.78 is 1.82. The molecule has 3 heterocycles. The third-order valence-corrected chi connectivity index (χ3v) is 4.62. The first-order chi connectivity index (χ1) is 12.1. The minimum Gasteiger partial charge on any atom is -0.313 e. The molecule has 0 bridgehead atoms. The van der Waals surface area contributed by atoms with Crippen molar-refractivity contribution >= 4 is 28.8 Å². The summed E-state index contributed by atoms with van der Waals surface area (Å²) in [5.41, 5.74) is 2.84. The van der Waals surface area contributed by atoms with E-state index in [1.807, 2.05) is 47.9 Å². The van der Waals surface area contributed by atoms with Crippen molar-refractivity contribution in [1.82, 2.24) is 9.38 Å². The van der Waals surface area contributed by atoms with Crippen LogP contribution in [-0.2, 0) is 4.79 Å². The molecule has 0 fully saturated rings. The SMILES string of the molecule is CC1CN(C(=O)c2ccc3nccn3c2)c2ccccc2N(C)C1=O. The van der Waals surface area contributed by atoms with Crippen molar-refractivity contribution in [1.29, 1.82) is 0 Å². The molecule has 1 aliphatic rings. The van der Waals surface area contributed by atoms with Crippen LogP contribution in [-0.4, -0.2) is 34.8 Å². The molecule has 0 N–H and O–H groups in total. The number of nitrogens with zero attached hydrogens (tertiary/aromatic N) is 4. The molecule has 0 saturated heterocycles. The minimum atomic E-state index is -0.279. The Morgan fingerprint density at radius 1 is 1.16 bits per heavy atom. The number of amides is 2. The first kappa shape index (κ1) is 15.4. The van der Waals surface area contributed by atoms with Gasteiger partial charge in [-0.05, 0) is 24.3 Å². The molecule has 2 amide bonds. The van der Waals surface area contributed by atoms with Crippen LogP contribution < -0.4 is 9.80 Å². The fraction of sp³-hybridized carbons (Fsp3) is 0.211. The van der Waals surface area contributed by atoms with E-state index in [2.05, 4.69) is 4.98 Å². The van der Waals surface area contributed by atoms with Crippen LogP contribution in [0.15, 0.2) is 55.0 Å². The zero-order valence-electron chi connectivity index (χ0n) is 14.1. The van der Waals surface area contributed by atoms with Gasteiger partial charge in [-0.2, -0.15) is 0 Å². The highest BCUT2D eigenvalue weighted by molar-refractivity contribution is 6.11. The molecular weight excluding hydrogens is 316 g/mol. The summed E-state index contributed by atoms with van der Waals surface area (Å²) in [6, 6.07) is 11.1. The molecule has 6 nitrogen and oxygen atoms in total. The van der Waals surface area contributed by atoms with Crippen molar-refractivity contribution in [2.75, 3.05) is 23.4 Å². The quantitative estimate of drug-likeness (QED) is 0.687. The summed E-state index contributed by atoms with van der Waals surface area (Å²) >= 11 is 0. The lowest BCUT2D eigenvalue weighted by atomic mass is 10.1. The summed E-state index contributed by atoms with van der Waals surface area (Å²) in [6.45, 7) is 2.20. The molecule has 25 heavy (non-hydrogen) atoms. The van der Waals surface area contributed by atoms with E-state index in [0.717, 1.165) is 17.0 Å². The zero-order chi connectivity index (χ0) is 17.6. The van der Waals surface area contributed by atoms with Gasteiger partial charge in [0.05, 0.1) is 22.9 Å². The molecule has 0 spiro atoms. The Balaban J connectivity index is 1.81. The van der Waals surface area contributed by atoms with E-state index >= 15 is 0 Å². The van der Waals surface area contributed by atoms with Gasteiger partial charge in [0, 0.05) is 32.2 Å². The van der Waals surface area contributed by atoms with E-state index in [0.29, 0.717) is 12.1 Å². The predicted molar refractivity (Wildman–Crippen MR) is 95.9 cm³/mol. The Kier molecular flexibility index (Phi) is 3.53. The van der Waals surface area contributed by atoms with Gasteiger partial charge in [0.1, 0.15) is 5.65 Å². The van der Waals surface area contributed by atoms with Gasteiger partial charge in [0.25, 0.3) is 5.91 Å². The number of carbonyl (C=O) groups is 2. The number of rotatable bonds is 1. The van der Waals surface area contributed by atoms with Crippen molar-refractivity contribution in [3.8, 4) is 0 Å². The molecule has 0 radical (unpaired) electrons. The number of benzene rings is 1. The van der Waals surface area contributed by atoms with Crippen molar-refractivity contribution in [3.63, 3.8) is 0 Å². The van der Waals surface area contributed by atoms with Crippen LogP contribution in [0.25, 0.3) is 5.65 Å². The molecule has 1 atom stereocenters. The number of imidazole rings is 1. The van der Waals surface area contributed by atoms with Crippen LogP contribution in [0.4, 0.5) is 11.4 Å². The maximum Gasteiger partial charge on any atom is 0.259 e. The number of fused-ring (bicyclic) bond motifs is 2. The summed E-state index contributed by atoms with van der Waals surface area (Å²) in [5.74, 6) is -0.399. The van der Waals surface area contributed by atoms with E-state index in [4.69, 9.17) is 0 Å². The summed E-state index contributed by atoms with van der Waals surface area (Å²) in [7, 11) is 1.75. The number of carbonyl (C=O) groups excluding carboxylic acids is 2. The fourth-order valence-electron chi connectivity index (χ4n) is 3.27. The predicted octanol–water partition coefficient (Wildman–Crippen LogP) is 2.59. The fourth-order valence-corrected chi connectivity index (χ4v) is 3.27. The van der Waals surface area contributed by atoms with Gasteiger partial charge in [-0.1, -0.05) is 19.1 Å². The average Bonchev–Trinajstić information content (AvgIpc) is 3.08. The summed E-state index contributed by atoms with van der Waals surface area (Å²) in [4.78, 5) is 33.3. The van der Waals surface area contributed by atoms with E-state index in [9.17, 15) is 9.59 Å². The lowest BCUT2D eigenvalue weighted by Crippen LogP contribution is -2.37. The molecule has 4 rings (SSSR count). The second-order valence-electron chi connectivity index (χ2n) is 6.31. The minimum absolute atomic E-state index is 0.00723. The van der Waals surface area contributed by atoms with E-state index in [-0.39, 0.29) is 17.7 Å². The number of pyridine rings is 1. The molecule has 0 saturated carbocycles. The first-order valence-electron chi connectivity index (χ1n) is 8.17. The summed E-state index contributed by atoms with van der Waals surface area (Å²) in [5, 5.41) is 0. The maximum absolute atomic E-state index is 13.2. The average molecular weight is 334 g/mol. The second-order valence-corrected chi connectivity index (χ2v) is 6.31. The van der Waals surface area contributed by atoms with Crippen LogP contribution in [0, 0.1) is 5.92 Å². The highest BCUT2D eigenvalue weighted by Gasteiger charge is 2.32. The molecule has 126 valence electrons. The Hall–Kier alpha value is -3.15. The van der Waals surface area contributed by atoms with Gasteiger partial charge in [0.2, 0.25) is 5.91 Å². The molecule has 3 aromatic rings. The van der Waals surface area contributed by atoms with Crippen LogP contribution in [0.2, 0.25) is 0 Å². The van der Waals surface area contributed by atoms with Crippen molar-refractivity contribution < 1.29 is 9.59 Å². The second kappa shape index (κ2) is 5.73. The lowest BCUT2D eigenvalue weighted by Gasteiger charge is -2.24. The Bertz CT molecular complexity index is 978. The van der Waals surface area contributed by atoms with Crippen LogP contribution in [0.3, 0.4) is 0 Å². The Morgan fingerprint density at radius 3 is 2.72 bits per heavy atom. The first-order valence-corrected chi connectivity index (χ1v) is 8.17. The van der Waals surface area contributed by atoms with E-state index in [1.54, 1.807) is 35.3 Å². The van der Waals surface area contributed by atoms with Gasteiger partial charge in [-0.15, -0.1) is 0 Å². The molecule has 6 heteroatoms. The molecule has 1 aliphatic heterocycles. The van der Waals surface area contributed by atoms with Gasteiger partial charge >= 0.3 is 0 Å². The number of hydrogen-bond donors (Lipinski definition) is 0. The third-order valence-electron chi connectivity index (χ3n) is 4.62. The number of anilines is 2. The monoisotopic (exact) mass is 334 g/mol. The van der Waals surface area contributed by atoms with Crippen LogP contribution in [0.5, 0.6) is 0 Å². The Morgan fingerprint density at radius 2 is 1.92 bits per heavy atom. The summed E-state index contributed by atoms with van der Waals surface area (Å²) in [6.07, 6.45) is 5.28. The van der Waals surface area contributed by atoms with Crippen molar-refractivity contribution in [3.05, 3.63) is 60.6 Å². The van der Waals surface area contributed by atoms with Crippen molar-refractivity contribution in [2.45, 2.75) is 6.92 Å². The molecule has 2 aromatic heterocycles. The molecule has 1 aromatic carbocycles. The number of aromatic nitrogens is 2. The lowest BCUT2D eigenvalue weighted by molar-refractivity contribution is -0.121. The van der Waals surface area contributed by atoms with E-state index in [1.165, 1.54) is 0 Å². The van der Waals surface area contributed by atoms with Crippen LogP contribution in [0.1, 0.15) is 17.3 Å². The molecule has 0 aliphatic carbocycles. The topological polar surface area (TPSA) is 57.9 Å². The molecule has 1 unspecified atom stereocenters. The molecular formula is C19H18N4O2. The van der Waals surface area contributed by atoms with Gasteiger partial charge in [0.15, 0.2) is 0 Å². The highest BCUT2D eigenvalue weighted by Crippen LogP contribution is 2.34. The zero-order valence-corrected chi connectivity index (χ0v) is 14.1. The smallest absolute Gasteiger partial charge is 0.259 e. The van der Waals surface area contributed by atoms with Gasteiger partial charge in [-0.3, -0.25) is 9.59 Å².